The summed E-state index contributed by atoms with van der Waals surface area (Å²) in [5.74, 6) is -1.77. The van der Waals surface area contributed by atoms with Gasteiger partial charge in [0.1, 0.15) is 5.82 Å². The molecule has 0 aromatic heterocycles. The summed E-state index contributed by atoms with van der Waals surface area (Å²) in [7, 11) is 0. The Morgan fingerprint density at radius 1 is 1.50 bits per heavy atom. The van der Waals surface area contributed by atoms with E-state index in [4.69, 9.17) is 10.2 Å². The zero-order valence-corrected chi connectivity index (χ0v) is 8.53. The normalized spacial score (nSPS) is 16.9. The topological polar surface area (TPSA) is 69.6 Å². The van der Waals surface area contributed by atoms with Crippen LogP contribution in [0.15, 0.2) is 18.2 Å². The molecule has 0 bridgehead atoms. The minimum Gasteiger partial charge on any atom is -0.478 e. The van der Waals surface area contributed by atoms with Gasteiger partial charge in [-0.15, -0.1) is 0 Å². The fraction of sp³-hybridized carbons (Fsp3) is 0.364. The second kappa shape index (κ2) is 3.75. The predicted molar refractivity (Wildman–Crippen MR) is 56.0 cm³/mol. The van der Waals surface area contributed by atoms with Crippen LogP contribution in [0.25, 0.3) is 0 Å². The third-order valence-electron chi connectivity index (χ3n) is 2.77. The molecule has 0 amide bonds. The second-order valence-corrected chi connectivity index (χ2v) is 4.06. The number of halogens is 1. The van der Waals surface area contributed by atoms with E-state index in [9.17, 15) is 9.18 Å². The first-order valence-electron chi connectivity index (χ1n) is 4.98. The van der Waals surface area contributed by atoms with Gasteiger partial charge in [0.25, 0.3) is 0 Å². The van der Waals surface area contributed by atoms with Gasteiger partial charge < -0.3 is 15.5 Å². The van der Waals surface area contributed by atoms with Crippen molar-refractivity contribution in [1.29, 1.82) is 0 Å². The Hall–Kier alpha value is -1.62. The summed E-state index contributed by atoms with van der Waals surface area (Å²) in [6, 6.07) is 3.55. The lowest BCUT2D eigenvalue weighted by molar-refractivity contribution is 0.0697. The highest BCUT2D eigenvalue weighted by Gasteiger charge is 2.42. The van der Waals surface area contributed by atoms with Crippen molar-refractivity contribution < 1.29 is 19.4 Å². The number of nitrogens with one attached hydrogen (secondary N) is 1. The Morgan fingerprint density at radius 3 is 2.69 bits per heavy atom. The summed E-state index contributed by atoms with van der Waals surface area (Å²) < 4.78 is 12.9. The van der Waals surface area contributed by atoms with E-state index < -0.39 is 17.3 Å². The van der Waals surface area contributed by atoms with Gasteiger partial charge in [0, 0.05) is 5.69 Å². The van der Waals surface area contributed by atoms with E-state index in [1.807, 2.05) is 0 Å². The molecule has 0 aliphatic heterocycles. The molecule has 0 heterocycles. The average Bonchev–Trinajstić information content (AvgIpc) is 3.01. The van der Waals surface area contributed by atoms with Crippen molar-refractivity contribution in [3.63, 3.8) is 0 Å². The summed E-state index contributed by atoms with van der Waals surface area (Å²) in [5, 5.41) is 21.0. The molecule has 86 valence electrons. The predicted octanol–water partition coefficient (Wildman–Crippen LogP) is 1.46. The van der Waals surface area contributed by atoms with Crippen molar-refractivity contribution in [1.82, 2.24) is 0 Å². The minimum absolute atomic E-state index is 0.0521. The van der Waals surface area contributed by atoms with Crippen LogP contribution in [0.3, 0.4) is 0 Å². The maximum atomic E-state index is 12.9. The molecule has 1 aromatic carbocycles. The van der Waals surface area contributed by atoms with Gasteiger partial charge in [-0.3, -0.25) is 0 Å². The van der Waals surface area contributed by atoms with E-state index in [0.717, 1.165) is 18.9 Å². The van der Waals surface area contributed by atoms with Gasteiger partial charge in [-0.1, -0.05) is 0 Å². The van der Waals surface area contributed by atoms with Crippen LogP contribution in [-0.4, -0.2) is 28.3 Å². The van der Waals surface area contributed by atoms with Crippen LogP contribution < -0.4 is 5.32 Å². The Morgan fingerprint density at radius 2 is 2.19 bits per heavy atom. The molecule has 1 saturated carbocycles. The lowest BCUT2D eigenvalue weighted by Crippen LogP contribution is -2.26. The molecule has 2 rings (SSSR count). The number of hydrogen-bond donors (Lipinski definition) is 3. The number of carboxylic acid groups (broad SMARTS) is 1. The van der Waals surface area contributed by atoms with Crippen molar-refractivity contribution in [3.05, 3.63) is 29.6 Å². The molecule has 3 N–H and O–H groups in total. The molecular weight excluding hydrogens is 213 g/mol. The lowest BCUT2D eigenvalue weighted by Gasteiger charge is -2.17. The summed E-state index contributed by atoms with van der Waals surface area (Å²) in [4.78, 5) is 10.9. The molecule has 1 aliphatic carbocycles. The molecule has 4 nitrogen and oxygen atoms in total. The van der Waals surface area contributed by atoms with Crippen LogP contribution in [0.5, 0.6) is 0 Å². The van der Waals surface area contributed by atoms with Gasteiger partial charge in [0.2, 0.25) is 0 Å². The number of aliphatic hydroxyl groups is 1. The highest BCUT2D eigenvalue weighted by molar-refractivity contribution is 5.94. The number of benzene rings is 1. The fourth-order valence-corrected chi connectivity index (χ4v) is 1.56. The van der Waals surface area contributed by atoms with E-state index >= 15 is 0 Å². The van der Waals surface area contributed by atoms with Crippen molar-refractivity contribution >= 4 is 11.7 Å². The highest BCUT2D eigenvalue weighted by atomic mass is 19.1. The van der Waals surface area contributed by atoms with Crippen LogP contribution in [0, 0.1) is 5.82 Å². The Balaban J connectivity index is 2.29. The van der Waals surface area contributed by atoms with E-state index in [1.54, 1.807) is 0 Å². The Labute approximate surface area is 91.7 Å². The summed E-state index contributed by atoms with van der Waals surface area (Å²) >= 11 is 0. The van der Waals surface area contributed by atoms with Crippen molar-refractivity contribution in [3.8, 4) is 0 Å². The molecule has 0 radical (unpaired) electrons. The van der Waals surface area contributed by atoms with Gasteiger partial charge >= 0.3 is 5.97 Å². The SMILES string of the molecule is O=C(O)c1cc(F)ccc1NC1(CO)CC1. The molecule has 0 spiro atoms. The number of anilines is 1. The lowest BCUT2D eigenvalue weighted by atomic mass is 10.1. The van der Waals surface area contributed by atoms with E-state index in [0.29, 0.717) is 5.69 Å². The zero-order valence-electron chi connectivity index (χ0n) is 8.53. The largest absolute Gasteiger partial charge is 0.478 e. The van der Waals surface area contributed by atoms with Crippen LogP contribution in [-0.2, 0) is 0 Å². The van der Waals surface area contributed by atoms with Crippen LogP contribution in [0.1, 0.15) is 23.2 Å². The van der Waals surface area contributed by atoms with Gasteiger partial charge in [0.15, 0.2) is 0 Å². The summed E-state index contributed by atoms with van der Waals surface area (Å²) in [6.45, 7) is -0.0521. The monoisotopic (exact) mass is 225 g/mol. The number of aliphatic hydroxyl groups excluding tert-OH is 1. The first kappa shape index (κ1) is 10.9. The molecule has 1 aliphatic rings. The van der Waals surface area contributed by atoms with Crippen LogP contribution >= 0.6 is 0 Å². The number of carboxylic acids is 1. The van der Waals surface area contributed by atoms with Crippen molar-refractivity contribution in [2.75, 3.05) is 11.9 Å². The van der Waals surface area contributed by atoms with E-state index in [1.165, 1.54) is 12.1 Å². The summed E-state index contributed by atoms with van der Waals surface area (Å²) in [5.41, 5.74) is -0.178. The summed E-state index contributed by atoms with van der Waals surface area (Å²) in [6.07, 6.45) is 1.58. The van der Waals surface area contributed by atoms with Gasteiger partial charge in [-0.25, -0.2) is 9.18 Å². The third kappa shape index (κ3) is 1.99. The highest BCUT2D eigenvalue weighted by Crippen LogP contribution is 2.39. The third-order valence-corrected chi connectivity index (χ3v) is 2.77. The minimum atomic E-state index is -1.18. The second-order valence-electron chi connectivity index (χ2n) is 4.06. The molecule has 5 heteroatoms. The first-order chi connectivity index (χ1) is 7.56. The van der Waals surface area contributed by atoms with Crippen LogP contribution in [0.2, 0.25) is 0 Å². The van der Waals surface area contributed by atoms with E-state index in [-0.39, 0.29) is 12.2 Å². The van der Waals surface area contributed by atoms with E-state index in [2.05, 4.69) is 5.32 Å². The molecule has 1 aromatic rings. The molecular formula is C11H12FNO3. The first-order valence-corrected chi connectivity index (χ1v) is 4.98. The van der Waals surface area contributed by atoms with Crippen LogP contribution in [0.4, 0.5) is 10.1 Å². The number of rotatable bonds is 4. The molecule has 16 heavy (non-hydrogen) atoms. The molecule has 0 atom stereocenters. The maximum absolute atomic E-state index is 12.9. The Bertz CT molecular complexity index is 429. The van der Waals surface area contributed by atoms with Crippen molar-refractivity contribution in [2.24, 2.45) is 0 Å². The smallest absolute Gasteiger partial charge is 0.337 e. The standard InChI is InChI=1S/C11H12FNO3/c12-7-1-2-9(8(5-7)10(15)16)13-11(6-14)3-4-11/h1-2,5,13-14H,3-4,6H2,(H,15,16). The van der Waals surface area contributed by atoms with Gasteiger partial charge in [-0.2, -0.15) is 0 Å². The quantitative estimate of drug-likeness (QED) is 0.725. The Kier molecular flexibility index (Phi) is 2.55. The molecule has 0 saturated heterocycles. The van der Waals surface area contributed by atoms with Crippen molar-refractivity contribution in [2.45, 2.75) is 18.4 Å². The average molecular weight is 225 g/mol. The molecule has 0 unspecified atom stereocenters. The maximum Gasteiger partial charge on any atom is 0.337 e. The number of aromatic carboxylic acids is 1. The zero-order chi connectivity index (χ0) is 11.8. The molecule has 1 fully saturated rings. The number of hydrogen-bond acceptors (Lipinski definition) is 3. The van der Waals surface area contributed by atoms with Gasteiger partial charge in [-0.05, 0) is 31.0 Å². The number of carbonyl (C=O) groups is 1. The fourth-order valence-electron chi connectivity index (χ4n) is 1.56. The van der Waals surface area contributed by atoms with Gasteiger partial charge in [0.05, 0.1) is 17.7 Å².